The molecule has 6 heteroatoms. The van der Waals surface area contributed by atoms with Crippen LogP contribution in [0.25, 0.3) is 28.2 Å². The van der Waals surface area contributed by atoms with Crippen LogP contribution in [-0.2, 0) is 0 Å². The van der Waals surface area contributed by atoms with E-state index >= 15 is 0 Å². The molecule has 4 rings (SSSR count). The summed E-state index contributed by atoms with van der Waals surface area (Å²) in [6, 6.07) is 9.81. The van der Waals surface area contributed by atoms with Gasteiger partial charge < -0.3 is 4.98 Å². The van der Waals surface area contributed by atoms with Gasteiger partial charge in [0.1, 0.15) is 5.82 Å². The first kappa shape index (κ1) is 11.8. The standard InChI is InChI=1S/C15H12N6/c1-10-18-14(15(19-10)13-4-2-3-7-16-13)11-5-6-12-8-17-20-21(12)9-11/h2-9H,1H3,(H,18,19). The van der Waals surface area contributed by atoms with Gasteiger partial charge in [-0.3, -0.25) is 4.98 Å². The number of aryl methyl sites for hydroxylation is 1. The van der Waals surface area contributed by atoms with Crippen LogP contribution in [0.5, 0.6) is 0 Å². The Bertz CT molecular complexity index is 906. The van der Waals surface area contributed by atoms with Crippen LogP contribution in [-0.4, -0.2) is 29.8 Å². The monoisotopic (exact) mass is 276 g/mol. The van der Waals surface area contributed by atoms with Crippen molar-refractivity contribution in [1.29, 1.82) is 0 Å². The molecule has 4 aromatic heterocycles. The Morgan fingerprint density at radius 2 is 2.10 bits per heavy atom. The maximum absolute atomic E-state index is 4.59. The minimum Gasteiger partial charge on any atom is -0.340 e. The van der Waals surface area contributed by atoms with E-state index in [1.165, 1.54) is 0 Å². The highest BCUT2D eigenvalue weighted by molar-refractivity contribution is 5.76. The number of nitrogens with one attached hydrogen (secondary N) is 1. The van der Waals surface area contributed by atoms with E-state index in [1.54, 1.807) is 16.9 Å². The number of nitrogens with zero attached hydrogens (tertiary/aromatic N) is 5. The number of aromatic nitrogens is 6. The van der Waals surface area contributed by atoms with Gasteiger partial charge in [0.05, 0.1) is 28.8 Å². The molecule has 6 nitrogen and oxygen atoms in total. The molecular formula is C15H12N6. The van der Waals surface area contributed by atoms with E-state index in [4.69, 9.17) is 0 Å². The third kappa shape index (κ3) is 1.97. The van der Waals surface area contributed by atoms with Crippen molar-refractivity contribution in [3.8, 4) is 22.6 Å². The van der Waals surface area contributed by atoms with Gasteiger partial charge in [-0.1, -0.05) is 11.3 Å². The highest BCUT2D eigenvalue weighted by Gasteiger charge is 2.14. The number of hydrogen-bond donors (Lipinski definition) is 1. The molecule has 0 saturated heterocycles. The van der Waals surface area contributed by atoms with Crippen LogP contribution in [0.15, 0.2) is 48.9 Å². The Kier molecular flexibility index (Phi) is 2.53. The minimum atomic E-state index is 0.851. The molecule has 0 aliphatic carbocycles. The highest BCUT2D eigenvalue weighted by Crippen LogP contribution is 2.28. The number of H-pyrrole nitrogens is 1. The van der Waals surface area contributed by atoms with Crippen LogP contribution >= 0.6 is 0 Å². The van der Waals surface area contributed by atoms with Gasteiger partial charge in [-0.2, -0.15) is 0 Å². The van der Waals surface area contributed by atoms with Crippen molar-refractivity contribution >= 4 is 5.52 Å². The summed E-state index contributed by atoms with van der Waals surface area (Å²) in [7, 11) is 0. The van der Waals surface area contributed by atoms with E-state index in [0.29, 0.717) is 0 Å². The Hall–Kier alpha value is -3.02. The lowest BCUT2D eigenvalue weighted by Gasteiger charge is -2.02. The number of hydrogen-bond acceptors (Lipinski definition) is 4. The first-order valence-corrected chi connectivity index (χ1v) is 6.60. The summed E-state index contributed by atoms with van der Waals surface area (Å²) in [6.45, 7) is 1.93. The summed E-state index contributed by atoms with van der Waals surface area (Å²) < 4.78 is 1.74. The summed E-state index contributed by atoms with van der Waals surface area (Å²) in [5.41, 5.74) is 4.56. The quantitative estimate of drug-likeness (QED) is 0.610. The van der Waals surface area contributed by atoms with E-state index in [9.17, 15) is 0 Å². The zero-order chi connectivity index (χ0) is 14.2. The molecule has 0 spiro atoms. The fourth-order valence-electron chi connectivity index (χ4n) is 2.36. The van der Waals surface area contributed by atoms with E-state index in [2.05, 4.69) is 25.3 Å². The van der Waals surface area contributed by atoms with Crippen molar-refractivity contribution in [2.24, 2.45) is 0 Å². The molecule has 21 heavy (non-hydrogen) atoms. The average molecular weight is 276 g/mol. The normalized spacial score (nSPS) is 11.1. The van der Waals surface area contributed by atoms with E-state index in [0.717, 1.165) is 34.0 Å². The highest BCUT2D eigenvalue weighted by atomic mass is 15.4. The van der Waals surface area contributed by atoms with Crippen molar-refractivity contribution in [2.75, 3.05) is 0 Å². The molecule has 0 aromatic carbocycles. The smallest absolute Gasteiger partial charge is 0.104 e. The third-order valence-corrected chi connectivity index (χ3v) is 3.31. The lowest BCUT2D eigenvalue weighted by molar-refractivity contribution is 0.856. The van der Waals surface area contributed by atoms with Gasteiger partial charge in [-0.25, -0.2) is 9.50 Å². The number of fused-ring (bicyclic) bond motifs is 1. The molecule has 0 aliphatic heterocycles. The molecule has 0 amide bonds. The first-order chi connectivity index (χ1) is 10.3. The zero-order valence-corrected chi connectivity index (χ0v) is 11.4. The molecule has 1 N–H and O–H groups in total. The van der Waals surface area contributed by atoms with Gasteiger partial charge in [0.25, 0.3) is 0 Å². The van der Waals surface area contributed by atoms with Gasteiger partial charge >= 0.3 is 0 Å². The van der Waals surface area contributed by atoms with Crippen molar-refractivity contribution in [3.63, 3.8) is 0 Å². The van der Waals surface area contributed by atoms with E-state index in [1.807, 2.05) is 43.5 Å². The number of pyridine rings is 2. The molecule has 4 aromatic rings. The van der Waals surface area contributed by atoms with Gasteiger partial charge in [-0.15, -0.1) is 5.10 Å². The summed E-state index contributed by atoms with van der Waals surface area (Å²) in [5, 5.41) is 7.92. The van der Waals surface area contributed by atoms with Gasteiger partial charge in [0, 0.05) is 18.0 Å². The maximum Gasteiger partial charge on any atom is 0.104 e. The topological polar surface area (TPSA) is 71.8 Å². The second-order valence-electron chi connectivity index (χ2n) is 4.78. The molecule has 0 bridgehead atoms. The van der Waals surface area contributed by atoms with Gasteiger partial charge in [0.2, 0.25) is 0 Å². The van der Waals surface area contributed by atoms with Crippen molar-refractivity contribution in [1.82, 2.24) is 29.8 Å². The molecule has 4 heterocycles. The Morgan fingerprint density at radius 3 is 2.95 bits per heavy atom. The molecule has 102 valence electrons. The van der Waals surface area contributed by atoms with Crippen LogP contribution in [0.3, 0.4) is 0 Å². The van der Waals surface area contributed by atoms with Gasteiger partial charge in [0.15, 0.2) is 0 Å². The zero-order valence-electron chi connectivity index (χ0n) is 11.4. The van der Waals surface area contributed by atoms with Crippen molar-refractivity contribution < 1.29 is 0 Å². The molecule has 0 unspecified atom stereocenters. The SMILES string of the molecule is Cc1nc(-c2ccc3cnnn3c2)c(-c2ccccn2)[nH]1. The third-order valence-electron chi connectivity index (χ3n) is 3.31. The molecule has 0 radical (unpaired) electrons. The number of rotatable bonds is 2. The maximum atomic E-state index is 4.59. The first-order valence-electron chi connectivity index (χ1n) is 6.60. The summed E-state index contributed by atoms with van der Waals surface area (Å²) in [4.78, 5) is 12.3. The lowest BCUT2D eigenvalue weighted by atomic mass is 10.1. The van der Waals surface area contributed by atoms with Crippen molar-refractivity contribution in [3.05, 3.63) is 54.7 Å². The van der Waals surface area contributed by atoms with E-state index in [-0.39, 0.29) is 0 Å². The van der Waals surface area contributed by atoms with Crippen LogP contribution < -0.4 is 0 Å². The molecule has 0 fully saturated rings. The molecular weight excluding hydrogens is 264 g/mol. The molecule has 0 atom stereocenters. The van der Waals surface area contributed by atoms with Crippen LogP contribution in [0, 0.1) is 6.92 Å². The fraction of sp³-hybridized carbons (Fsp3) is 0.0667. The molecule has 0 saturated carbocycles. The Labute approximate surface area is 120 Å². The van der Waals surface area contributed by atoms with Crippen molar-refractivity contribution in [2.45, 2.75) is 6.92 Å². The summed E-state index contributed by atoms with van der Waals surface area (Å²) >= 11 is 0. The van der Waals surface area contributed by atoms with Crippen LogP contribution in [0.1, 0.15) is 5.82 Å². The minimum absolute atomic E-state index is 0.851. The fourth-order valence-corrected chi connectivity index (χ4v) is 2.36. The summed E-state index contributed by atoms with van der Waals surface area (Å²) in [6.07, 6.45) is 5.42. The number of imidazole rings is 1. The Morgan fingerprint density at radius 1 is 1.14 bits per heavy atom. The van der Waals surface area contributed by atoms with E-state index < -0.39 is 0 Å². The molecule has 0 aliphatic rings. The summed E-state index contributed by atoms with van der Waals surface area (Å²) in [5.74, 6) is 0.851. The second kappa shape index (κ2) is 4.52. The second-order valence-corrected chi connectivity index (χ2v) is 4.78. The predicted molar refractivity (Wildman–Crippen MR) is 78.5 cm³/mol. The average Bonchev–Trinajstić information content (AvgIpc) is 3.13. The largest absolute Gasteiger partial charge is 0.340 e. The van der Waals surface area contributed by atoms with Gasteiger partial charge in [-0.05, 0) is 31.2 Å². The van der Waals surface area contributed by atoms with Crippen LogP contribution in [0.4, 0.5) is 0 Å². The lowest BCUT2D eigenvalue weighted by Crippen LogP contribution is -1.91. The van der Waals surface area contributed by atoms with Crippen LogP contribution in [0.2, 0.25) is 0 Å². The number of aromatic amines is 1. The Balaban J connectivity index is 1.92. The predicted octanol–water partition coefficient (Wildman–Crippen LogP) is 2.49.